The summed E-state index contributed by atoms with van der Waals surface area (Å²) in [6.45, 7) is 0.155. The highest BCUT2D eigenvalue weighted by Gasteiger charge is 2.18. The van der Waals surface area contributed by atoms with Crippen LogP contribution in [0.15, 0.2) is 36.4 Å². The Morgan fingerprint density at radius 3 is 2.52 bits per heavy atom. The average Bonchev–Trinajstić information content (AvgIpc) is 2.96. The van der Waals surface area contributed by atoms with Gasteiger partial charge in [0.2, 0.25) is 0 Å². The van der Waals surface area contributed by atoms with E-state index >= 15 is 0 Å². The fourth-order valence-electron chi connectivity index (χ4n) is 1.81. The molecule has 0 bridgehead atoms. The Labute approximate surface area is 147 Å². The second kappa shape index (κ2) is 8.31. The van der Waals surface area contributed by atoms with Crippen LogP contribution in [-0.2, 0) is 14.3 Å². The summed E-state index contributed by atoms with van der Waals surface area (Å²) in [5.74, 6) is -1.56. The molecule has 2 rings (SSSR count). The molecule has 1 aromatic carbocycles. The molecule has 23 heavy (non-hydrogen) atoms. The molecule has 5 nitrogen and oxygen atoms in total. The summed E-state index contributed by atoms with van der Waals surface area (Å²) in [4.78, 5) is 24.6. The number of methoxy groups -OCH3 is 1. The number of halogens is 2. The average molecular weight is 373 g/mol. The van der Waals surface area contributed by atoms with Gasteiger partial charge in [0.05, 0.1) is 15.0 Å². The zero-order valence-corrected chi connectivity index (χ0v) is 14.5. The number of thiophene rings is 1. The van der Waals surface area contributed by atoms with Crippen LogP contribution in [0.3, 0.4) is 0 Å². The second-order valence-electron chi connectivity index (χ2n) is 4.51. The van der Waals surface area contributed by atoms with Gasteiger partial charge in [-0.3, -0.25) is 9.59 Å². The van der Waals surface area contributed by atoms with Crippen LogP contribution in [0, 0.1) is 0 Å². The fraction of sp³-hybridized carbons (Fsp3) is 0.200. The van der Waals surface area contributed by atoms with Gasteiger partial charge in [0.1, 0.15) is 6.10 Å². The Bertz CT molecular complexity index is 706. The summed E-state index contributed by atoms with van der Waals surface area (Å²) in [5.41, 5.74) is 0.377. The third kappa shape index (κ3) is 4.94. The van der Waals surface area contributed by atoms with E-state index in [4.69, 9.17) is 27.9 Å². The van der Waals surface area contributed by atoms with Crippen molar-refractivity contribution in [3.8, 4) is 0 Å². The lowest BCUT2D eigenvalue weighted by Crippen LogP contribution is -2.37. The van der Waals surface area contributed by atoms with Gasteiger partial charge < -0.3 is 15.4 Å². The van der Waals surface area contributed by atoms with E-state index in [0.717, 1.165) is 4.88 Å². The number of carbonyl (C=O) groups excluding carboxylic acids is 2. The minimum atomic E-state index is -0.794. The van der Waals surface area contributed by atoms with E-state index < -0.39 is 11.8 Å². The first-order valence-corrected chi connectivity index (χ1v) is 8.20. The van der Waals surface area contributed by atoms with Gasteiger partial charge in [0.25, 0.3) is 0 Å². The summed E-state index contributed by atoms with van der Waals surface area (Å²) in [7, 11) is 1.52. The Morgan fingerprint density at radius 1 is 1.17 bits per heavy atom. The van der Waals surface area contributed by atoms with E-state index in [0.29, 0.717) is 15.0 Å². The summed E-state index contributed by atoms with van der Waals surface area (Å²) in [5, 5.41) is 5.34. The van der Waals surface area contributed by atoms with Gasteiger partial charge in [-0.25, -0.2) is 0 Å². The molecule has 0 radical (unpaired) electrons. The van der Waals surface area contributed by atoms with Crippen molar-refractivity contribution in [2.45, 2.75) is 6.10 Å². The topological polar surface area (TPSA) is 67.4 Å². The van der Waals surface area contributed by atoms with Gasteiger partial charge in [-0.2, -0.15) is 0 Å². The number of nitrogens with one attached hydrogen (secondary N) is 2. The van der Waals surface area contributed by atoms with Gasteiger partial charge in [0.15, 0.2) is 0 Å². The lowest BCUT2D eigenvalue weighted by Gasteiger charge is -2.14. The maximum absolute atomic E-state index is 11.9. The number of ether oxygens (including phenoxy) is 1. The van der Waals surface area contributed by atoms with Crippen LogP contribution < -0.4 is 10.6 Å². The van der Waals surface area contributed by atoms with Crippen LogP contribution in [0.5, 0.6) is 0 Å². The zero-order valence-electron chi connectivity index (χ0n) is 12.1. The monoisotopic (exact) mass is 372 g/mol. The molecule has 0 saturated carbocycles. The number of hydrogen-bond acceptors (Lipinski definition) is 4. The summed E-state index contributed by atoms with van der Waals surface area (Å²) >= 11 is 13.2. The minimum Gasteiger partial charge on any atom is -0.374 e. The third-order valence-corrected chi connectivity index (χ3v) is 4.62. The van der Waals surface area contributed by atoms with E-state index in [1.807, 2.05) is 6.07 Å². The lowest BCUT2D eigenvalue weighted by molar-refractivity contribution is -0.136. The zero-order chi connectivity index (χ0) is 16.8. The molecule has 1 atom stereocenters. The maximum Gasteiger partial charge on any atom is 0.313 e. The number of rotatable bonds is 5. The molecule has 1 heterocycles. The van der Waals surface area contributed by atoms with E-state index in [-0.39, 0.29) is 12.6 Å². The van der Waals surface area contributed by atoms with Crippen molar-refractivity contribution >= 4 is 52.0 Å². The lowest BCUT2D eigenvalue weighted by atomic mass is 10.3. The largest absolute Gasteiger partial charge is 0.374 e. The quantitative estimate of drug-likeness (QED) is 0.789. The fourth-order valence-corrected chi connectivity index (χ4v) is 3.13. The van der Waals surface area contributed by atoms with Crippen molar-refractivity contribution in [2.24, 2.45) is 0 Å². The van der Waals surface area contributed by atoms with E-state index in [2.05, 4.69) is 10.6 Å². The Kier molecular flexibility index (Phi) is 6.41. The molecule has 1 unspecified atom stereocenters. The SMILES string of the molecule is COC(CNC(=O)C(=O)Nc1ccccc1Cl)c1ccc(Cl)s1. The standard InChI is InChI=1S/C15H14Cl2N2O3S/c1-22-11(12-6-7-13(17)23-12)8-18-14(20)15(21)19-10-5-3-2-4-9(10)16/h2-7,11H,8H2,1H3,(H,18,20)(H,19,21). The van der Waals surface area contributed by atoms with Gasteiger partial charge in [-0.1, -0.05) is 35.3 Å². The molecule has 2 aromatic rings. The smallest absolute Gasteiger partial charge is 0.313 e. The van der Waals surface area contributed by atoms with Crippen molar-refractivity contribution < 1.29 is 14.3 Å². The number of hydrogen-bond donors (Lipinski definition) is 2. The molecular formula is C15H14Cl2N2O3S. The molecule has 0 aliphatic heterocycles. The summed E-state index contributed by atoms with van der Waals surface area (Å²) in [6, 6.07) is 10.2. The molecule has 0 saturated heterocycles. The van der Waals surface area contributed by atoms with Crippen LogP contribution in [0.2, 0.25) is 9.36 Å². The van der Waals surface area contributed by atoms with Crippen molar-refractivity contribution in [1.29, 1.82) is 0 Å². The molecule has 1 aromatic heterocycles. The molecule has 2 amide bonds. The highest BCUT2D eigenvalue weighted by Crippen LogP contribution is 2.28. The molecule has 0 fully saturated rings. The molecule has 0 aliphatic carbocycles. The Balaban J connectivity index is 1.91. The molecule has 2 N–H and O–H groups in total. The number of carbonyl (C=O) groups is 2. The first kappa shape index (κ1) is 17.7. The second-order valence-corrected chi connectivity index (χ2v) is 6.66. The highest BCUT2D eigenvalue weighted by atomic mass is 35.5. The number of amides is 2. The van der Waals surface area contributed by atoms with Crippen LogP contribution in [0.1, 0.15) is 11.0 Å². The number of para-hydroxylation sites is 1. The highest BCUT2D eigenvalue weighted by molar-refractivity contribution is 7.16. The summed E-state index contributed by atoms with van der Waals surface area (Å²) < 4.78 is 5.93. The summed E-state index contributed by atoms with van der Waals surface area (Å²) in [6.07, 6.45) is -0.371. The minimum absolute atomic E-state index is 0.155. The predicted octanol–water partition coefficient (Wildman–Crippen LogP) is 3.50. The third-order valence-electron chi connectivity index (χ3n) is 2.97. The number of benzene rings is 1. The number of anilines is 1. The molecule has 0 aliphatic rings. The molecular weight excluding hydrogens is 359 g/mol. The van der Waals surface area contributed by atoms with Crippen LogP contribution >= 0.6 is 34.5 Å². The van der Waals surface area contributed by atoms with Crippen molar-refractivity contribution in [3.63, 3.8) is 0 Å². The molecule has 8 heteroatoms. The first-order chi connectivity index (χ1) is 11.0. The Morgan fingerprint density at radius 2 is 1.91 bits per heavy atom. The van der Waals surface area contributed by atoms with Crippen molar-refractivity contribution in [3.05, 3.63) is 50.6 Å². The van der Waals surface area contributed by atoms with E-state index in [9.17, 15) is 9.59 Å². The van der Waals surface area contributed by atoms with Crippen LogP contribution in [0.4, 0.5) is 5.69 Å². The molecule has 122 valence electrons. The predicted molar refractivity (Wildman–Crippen MR) is 92.2 cm³/mol. The van der Waals surface area contributed by atoms with Crippen molar-refractivity contribution in [2.75, 3.05) is 19.0 Å². The molecule has 0 spiro atoms. The van der Waals surface area contributed by atoms with Crippen LogP contribution in [-0.4, -0.2) is 25.5 Å². The van der Waals surface area contributed by atoms with Gasteiger partial charge in [0, 0.05) is 18.5 Å². The normalized spacial score (nSPS) is 11.8. The van der Waals surface area contributed by atoms with Crippen LogP contribution in [0.25, 0.3) is 0 Å². The first-order valence-electron chi connectivity index (χ1n) is 6.63. The van der Waals surface area contributed by atoms with Gasteiger partial charge in [-0.05, 0) is 24.3 Å². The van der Waals surface area contributed by atoms with E-state index in [1.165, 1.54) is 18.4 Å². The van der Waals surface area contributed by atoms with E-state index in [1.54, 1.807) is 30.3 Å². The van der Waals surface area contributed by atoms with Gasteiger partial charge in [-0.15, -0.1) is 11.3 Å². The Hall–Kier alpha value is -1.60. The maximum atomic E-state index is 11.9. The van der Waals surface area contributed by atoms with Gasteiger partial charge >= 0.3 is 11.8 Å². The van der Waals surface area contributed by atoms with Crippen molar-refractivity contribution in [1.82, 2.24) is 5.32 Å².